The van der Waals surface area contributed by atoms with E-state index in [4.69, 9.17) is 0 Å². The zero-order valence-corrected chi connectivity index (χ0v) is 9.49. The van der Waals surface area contributed by atoms with Gasteiger partial charge in [0.05, 0.1) is 5.69 Å². The van der Waals surface area contributed by atoms with Crippen LogP contribution in [0, 0.1) is 6.92 Å². The largest absolute Gasteiger partial charge is 0.351 e. The molecule has 4 heteroatoms. The maximum atomic E-state index is 11.5. The van der Waals surface area contributed by atoms with Crippen LogP contribution in [-0.4, -0.2) is 16.8 Å². The highest BCUT2D eigenvalue weighted by Gasteiger charge is 2.07. The minimum Gasteiger partial charge on any atom is -0.351 e. The second-order valence-electron chi connectivity index (χ2n) is 3.30. The van der Waals surface area contributed by atoms with Crippen LogP contribution in [0.4, 0.5) is 0 Å². The summed E-state index contributed by atoms with van der Waals surface area (Å²) in [4.78, 5) is 12.2. The average molecular weight is 212 g/mol. The number of rotatable bonds is 5. The van der Waals surface area contributed by atoms with Crippen LogP contribution in [0.25, 0.3) is 0 Å². The monoisotopic (exact) mass is 212 g/mol. The van der Waals surface area contributed by atoms with Crippen LogP contribution >= 0.6 is 11.5 Å². The molecule has 0 saturated carbocycles. The first-order chi connectivity index (χ1) is 6.74. The molecule has 0 aliphatic rings. The van der Waals surface area contributed by atoms with Crippen molar-refractivity contribution in [1.29, 1.82) is 0 Å². The van der Waals surface area contributed by atoms with Crippen molar-refractivity contribution in [3.8, 4) is 0 Å². The topological polar surface area (TPSA) is 42.0 Å². The average Bonchev–Trinajstić information content (AvgIpc) is 2.59. The zero-order chi connectivity index (χ0) is 10.4. The maximum absolute atomic E-state index is 11.5. The van der Waals surface area contributed by atoms with Crippen molar-refractivity contribution >= 4 is 17.4 Å². The standard InChI is InChI=1S/C10H16N2OS/c1-3-4-5-6-11-10(13)9-7-8(2)12-14-9/h7H,3-6H2,1-2H3,(H,11,13). The number of aromatic nitrogens is 1. The number of unbranched alkanes of at least 4 members (excludes halogenated alkanes) is 2. The van der Waals surface area contributed by atoms with Gasteiger partial charge in [-0.05, 0) is 30.9 Å². The van der Waals surface area contributed by atoms with Gasteiger partial charge in [0.1, 0.15) is 4.88 Å². The van der Waals surface area contributed by atoms with E-state index in [2.05, 4.69) is 16.6 Å². The van der Waals surface area contributed by atoms with Crippen molar-refractivity contribution < 1.29 is 4.79 Å². The number of nitrogens with zero attached hydrogens (tertiary/aromatic N) is 1. The first-order valence-corrected chi connectivity index (χ1v) is 5.73. The van der Waals surface area contributed by atoms with Gasteiger partial charge < -0.3 is 5.32 Å². The van der Waals surface area contributed by atoms with E-state index in [1.54, 1.807) is 0 Å². The van der Waals surface area contributed by atoms with Crippen LogP contribution in [0.2, 0.25) is 0 Å². The Morgan fingerprint density at radius 1 is 1.57 bits per heavy atom. The minimum atomic E-state index is 0.00621. The number of amides is 1. The first kappa shape index (κ1) is 11.2. The molecular formula is C10H16N2OS. The van der Waals surface area contributed by atoms with Gasteiger partial charge in [0, 0.05) is 6.54 Å². The summed E-state index contributed by atoms with van der Waals surface area (Å²) in [5.41, 5.74) is 0.911. The van der Waals surface area contributed by atoms with Gasteiger partial charge in [-0.2, -0.15) is 4.37 Å². The molecule has 14 heavy (non-hydrogen) atoms. The van der Waals surface area contributed by atoms with Crippen molar-refractivity contribution in [2.45, 2.75) is 33.1 Å². The van der Waals surface area contributed by atoms with Crippen molar-refractivity contribution in [1.82, 2.24) is 9.69 Å². The summed E-state index contributed by atoms with van der Waals surface area (Å²) in [6.07, 6.45) is 3.40. The predicted molar refractivity (Wildman–Crippen MR) is 58.7 cm³/mol. The molecule has 1 aromatic heterocycles. The molecule has 1 heterocycles. The first-order valence-electron chi connectivity index (χ1n) is 4.95. The van der Waals surface area contributed by atoms with E-state index in [0.29, 0.717) is 4.88 Å². The van der Waals surface area contributed by atoms with Crippen molar-refractivity contribution in [3.63, 3.8) is 0 Å². The summed E-state index contributed by atoms with van der Waals surface area (Å²) in [7, 11) is 0. The third-order valence-corrected chi connectivity index (χ3v) is 2.80. The maximum Gasteiger partial charge on any atom is 0.262 e. The minimum absolute atomic E-state index is 0.00621. The van der Waals surface area contributed by atoms with Crippen molar-refractivity contribution in [2.24, 2.45) is 0 Å². The van der Waals surface area contributed by atoms with E-state index in [-0.39, 0.29) is 5.91 Å². The molecule has 1 aromatic rings. The Hall–Kier alpha value is -0.900. The highest BCUT2D eigenvalue weighted by Crippen LogP contribution is 2.08. The summed E-state index contributed by atoms with van der Waals surface area (Å²) in [5, 5.41) is 2.88. The lowest BCUT2D eigenvalue weighted by atomic mass is 10.2. The molecule has 0 atom stereocenters. The number of carbonyl (C=O) groups is 1. The van der Waals surface area contributed by atoms with E-state index in [0.717, 1.165) is 18.7 Å². The summed E-state index contributed by atoms with van der Waals surface area (Å²) in [6.45, 7) is 4.81. The number of hydrogen-bond acceptors (Lipinski definition) is 3. The Kier molecular flexibility index (Phi) is 4.59. The number of aryl methyl sites for hydroxylation is 1. The fourth-order valence-corrected chi connectivity index (χ4v) is 1.81. The van der Waals surface area contributed by atoms with Gasteiger partial charge in [0.25, 0.3) is 5.91 Å². The molecule has 0 unspecified atom stereocenters. The smallest absolute Gasteiger partial charge is 0.262 e. The Morgan fingerprint density at radius 3 is 2.93 bits per heavy atom. The van der Waals surface area contributed by atoms with Crippen LogP contribution < -0.4 is 5.32 Å². The highest BCUT2D eigenvalue weighted by atomic mass is 32.1. The second kappa shape index (κ2) is 5.75. The van der Waals surface area contributed by atoms with E-state index >= 15 is 0 Å². The molecule has 0 radical (unpaired) electrons. The molecule has 0 fully saturated rings. The van der Waals surface area contributed by atoms with Crippen LogP contribution in [-0.2, 0) is 0 Å². The number of carbonyl (C=O) groups excluding carboxylic acids is 1. The van der Waals surface area contributed by atoms with E-state index in [1.807, 2.05) is 13.0 Å². The van der Waals surface area contributed by atoms with Gasteiger partial charge in [0.15, 0.2) is 0 Å². The molecule has 0 aliphatic heterocycles. The lowest BCUT2D eigenvalue weighted by Crippen LogP contribution is -2.23. The second-order valence-corrected chi connectivity index (χ2v) is 4.10. The molecule has 3 nitrogen and oxygen atoms in total. The molecule has 0 saturated heterocycles. The molecule has 1 rings (SSSR count). The summed E-state index contributed by atoms with van der Waals surface area (Å²) in [6, 6.07) is 1.82. The quantitative estimate of drug-likeness (QED) is 0.761. The third kappa shape index (κ3) is 3.46. The fourth-order valence-electron chi connectivity index (χ4n) is 1.13. The number of hydrogen-bond donors (Lipinski definition) is 1. The van der Waals surface area contributed by atoms with Crippen LogP contribution in [0.5, 0.6) is 0 Å². The van der Waals surface area contributed by atoms with Crippen LogP contribution in [0.15, 0.2) is 6.07 Å². The predicted octanol–water partition coefficient (Wildman–Crippen LogP) is 2.37. The summed E-state index contributed by atoms with van der Waals surface area (Å²) >= 11 is 1.26. The van der Waals surface area contributed by atoms with Crippen LogP contribution in [0.3, 0.4) is 0 Å². The Morgan fingerprint density at radius 2 is 2.36 bits per heavy atom. The van der Waals surface area contributed by atoms with E-state index in [9.17, 15) is 4.79 Å². The molecule has 0 spiro atoms. The van der Waals surface area contributed by atoms with Gasteiger partial charge in [-0.25, -0.2) is 0 Å². The van der Waals surface area contributed by atoms with E-state index < -0.39 is 0 Å². The lowest BCUT2D eigenvalue weighted by Gasteiger charge is -2.01. The van der Waals surface area contributed by atoms with Gasteiger partial charge in [0.2, 0.25) is 0 Å². The summed E-state index contributed by atoms with van der Waals surface area (Å²) < 4.78 is 4.06. The van der Waals surface area contributed by atoms with E-state index in [1.165, 1.54) is 24.4 Å². The molecule has 0 aromatic carbocycles. The van der Waals surface area contributed by atoms with Gasteiger partial charge in [-0.3, -0.25) is 4.79 Å². The summed E-state index contributed by atoms with van der Waals surface area (Å²) in [5.74, 6) is 0.00621. The molecule has 1 amide bonds. The number of nitrogens with one attached hydrogen (secondary N) is 1. The van der Waals surface area contributed by atoms with Gasteiger partial charge in [-0.1, -0.05) is 19.8 Å². The van der Waals surface area contributed by atoms with Crippen molar-refractivity contribution in [3.05, 3.63) is 16.6 Å². The SMILES string of the molecule is CCCCCNC(=O)c1cc(C)ns1. The highest BCUT2D eigenvalue weighted by molar-refractivity contribution is 7.08. The van der Waals surface area contributed by atoms with Gasteiger partial charge in [-0.15, -0.1) is 0 Å². The van der Waals surface area contributed by atoms with Crippen LogP contribution in [0.1, 0.15) is 41.6 Å². The zero-order valence-electron chi connectivity index (χ0n) is 8.67. The molecular weight excluding hydrogens is 196 g/mol. The Bertz CT molecular complexity index is 296. The Labute approximate surface area is 88.7 Å². The third-order valence-electron chi connectivity index (χ3n) is 1.92. The fraction of sp³-hybridized carbons (Fsp3) is 0.600. The molecule has 78 valence electrons. The molecule has 0 bridgehead atoms. The Balaban J connectivity index is 2.29. The molecule has 1 N–H and O–H groups in total. The van der Waals surface area contributed by atoms with Gasteiger partial charge >= 0.3 is 0 Å². The lowest BCUT2D eigenvalue weighted by molar-refractivity contribution is 0.0957. The normalized spacial score (nSPS) is 10.1. The van der Waals surface area contributed by atoms with Crippen molar-refractivity contribution in [2.75, 3.05) is 6.54 Å². The molecule has 0 aliphatic carbocycles.